The minimum Gasteiger partial charge on any atom is -0.342 e. The molecule has 3 rings (SSSR count). The Hall–Kier alpha value is -1.98. The van der Waals surface area contributed by atoms with Crippen LogP contribution in [0.15, 0.2) is 42.6 Å². The summed E-state index contributed by atoms with van der Waals surface area (Å²) in [6.45, 7) is 6.57. The number of carbonyl (C=O) groups excluding carboxylic acids is 1. The Labute approximate surface area is 166 Å². The summed E-state index contributed by atoms with van der Waals surface area (Å²) >= 11 is 0. The van der Waals surface area contributed by atoms with Crippen molar-refractivity contribution in [3.8, 4) is 0 Å². The van der Waals surface area contributed by atoms with Gasteiger partial charge in [-0.25, -0.2) is 4.39 Å². The van der Waals surface area contributed by atoms with E-state index in [1.165, 1.54) is 5.56 Å². The lowest BCUT2D eigenvalue weighted by Gasteiger charge is -2.22. The molecule has 0 radical (unpaired) electrons. The van der Waals surface area contributed by atoms with Crippen molar-refractivity contribution in [2.45, 2.75) is 51.4 Å². The number of rotatable bonds is 5. The molecule has 0 aliphatic carbocycles. The van der Waals surface area contributed by atoms with E-state index in [1.54, 1.807) is 0 Å². The number of hydrogen-bond acceptors (Lipinski definition) is 3. The molecule has 1 fully saturated rings. The molecule has 4 nitrogen and oxygen atoms in total. The van der Waals surface area contributed by atoms with E-state index in [9.17, 15) is 9.18 Å². The summed E-state index contributed by atoms with van der Waals surface area (Å²) in [4.78, 5) is 17.3. The maximum Gasteiger partial charge on any atom is 0.238 e. The van der Waals surface area contributed by atoms with Gasteiger partial charge >= 0.3 is 0 Å². The molecule has 1 aromatic heterocycles. The summed E-state index contributed by atoms with van der Waals surface area (Å²) < 4.78 is 13.4. The first-order valence-corrected chi connectivity index (χ1v) is 9.15. The van der Waals surface area contributed by atoms with Gasteiger partial charge in [0.25, 0.3) is 0 Å². The zero-order chi connectivity index (χ0) is 18.7. The lowest BCUT2D eigenvalue weighted by atomic mass is 9.96. The predicted octanol–water partition coefficient (Wildman–Crippen LogP) is 3.84. The Kier molecular flexibility index (Phi) is 7.33. The zero-order valence-corrected chi connectivity index (χ0v) is 16.7. The highest BCUT2D eigenvalue weighted by Crippen LogP contribution is 2.25. The van der Waals surface area contributed by atoms with Gasteiger partial charge in [0.2, 0.25) is 5.91 Å². The molecule has 1 aliphatic rings. The van der Waals surface area contributed by atoms with Gasteiger partial charge in [-0.1, -0.05) is 44.2 Å². The van der Waals surface area contributed by atoms with Crippen molar-refractivity contribution in [2.24, 2.45) is 0 Å². The standard InChI is InChI=1S/C21H26FN3O.ClH/c1-13(2)17-12-24-18(9-14(17)3)20(15-7-5-4-6-8-15)25-21(26)19-10-16(22)11-23-19;/h4-9,12-13,16,19-20,23H,10-11H2,1-3H3,(H,25,26);1H/t16?,19-,20?;/m1./s1. The first-order valence-electron chi connectivity index (χ1n) is 9.15. The highest BCUT2D eigenvalue weighted by molar-refractivity contribution is 5.85. The van der Waals surface area contributed by atoms with E-state index in [1.807, 2.05) is 42.6 Å². The van der Waals surface area contributed by atoms with Crippen LogP contribution in [-0.4, -0.2) is 29.6 Å². The molecule has 6 heteroatoms. The van der Waals surface area contributed by atoms with Crippen LogP contribution in [0.1, 0.15) is 54.6 Å². The van der Waals surface area contributed by atoms with Gasteiger partial charge in [0.05, 0.1) is 17.8 Å². The van der Waals surface area contributed by atoms with Gasteiger partial charge in [-0.05, 0) is 35.6 Å². The molecule has 2 N–H and O–H groups in total. The second-order valence-electron chi connectivity index (χ2n) is 7.27. The van der Waals surface area contributed by atoms with Crippen LogP contribution >= 0.6 is 12.4 Å². The average molecular weight is 392 g/mol. The third-order valence-electron chi connectivity index (χ3n) is 4.90. The van der Waals surface area contributed by atoms with Gasteiger partial charge in [-0.15, -0.1) is 12.4 Å². The molecular formula is C21H27ClFN3O. The molecule has 27 heavy (non-hydrogen) atoms. The Morgan fingerprint density at radius 1 is 1.30 bits per heavy atom. The fraction of sp³-hybridized carbons (Fsp3) is 0.429. The first kappa shape index (κ1) is 21.3. The largest absolute Gasteiger partial charge is 0.342 e. The number of carbonyl (C=O) groups is 1. The number of nitrogens with one attached hydrogen (secondary N) is 2. The topological polar surface area (TPSA) is 54.0 Å². The summed E-state index contributed by atoms with van der Waals surface area (Å²) in [5, 5.41) is 6.00. The van der Waals surface area contributed by atoms with Gasteiger partial charge in [0, 0.05) is 19.2 Å². The summed E-state index contributed by atoms with van der Waals surface area (Å²) in [6, 6.07) is 10.9. The summed E-state index contributed by atoms with van der Waals surface area (Å²) in [5.74, 6) is 0.205. The Morgan fingerprint density at radius 2 is 2.00 bits per heavy atom. The smallest absolute Gasteiger partial charge is 0.238 e. The van der Waals surface area contributed by atoms with Crippen LogP contribution in [0.3, 0.4) is 0 Å². The van der Waals surface area contributed by atoms with E-state index in [0.717, 1.165) is 16.8 Å². The number of aryl methyl sites for hydroxylation is 1. The molecular weight excluding hydrogens is 365 g/mol. The van der Waals surface area contributed by atoms with E-state index in [0.29, 0.717) is 5.92 Å². The number of hydrogen-bond donors (Lipinski definition) is 2. The molecule has 1 aliphatic heterocycles. The van der Waals surface area contributed by atoms with E-state index in [2.05, 4.69) is 36.4 Å². The Morgan fingerprint density at radius 3 is 2.56 bits per heavy atom. The second kappa shape index (κ2) is 9.29. The summed E-state index contributed by atoms with van der Waals surface area (Å²) in [5.41, 5.74) is 4.11. The number of nitrogens with zero attached hydrogens (tertiary/aromatic N) is 1. The van der Waals surface area contributed by atoms with Gasteiger partial charge < -0.3 is 10.6 Å². The van der Waals surface area contributed by atoms with Crippen LogP contribution in [0.2, 0.25) is 0 Å². The van der Waals surface area contributed by atoms with Crippen molar-refractivity contribution in [3.63, 3.8) is 0 Å². The van der Waals surface area contributed by atoms with Crippen LogP contribution in [0.4, 0.5) is 4.39 Å². The van der Waals surface area contributed by atoms with E-state index < -0.39 is 12.2 Å². The minimum absolute atomic E-state index is 0. The molecule has 146 valence electrons. The van der Waals surface area contributed by atoms with E-state index in [4.69, 9.17) is 0 Å². The minimum atomic E-state index is -0.966. The SMILES string of the molecule is Cc1cc(C(NC(=O)[C@H]2CC(F)CN2)c2ccccc2)ncc1C(C)C.Cl. The number of aromatic nitrogens is 1. The Balaban J connectivity index is 0.00000261. The summed E-state index contributed by atoms with van der Waals surface area (Å²) in [6.07, 6.45) is 1.14. The normalized spacial score (nSPS) is 20.2. The highest BCUT2D eigenvalue weighted by atomic mass is 35.5. The Bertz CT molecular complexity index is 769. The van der Waals surface area contributed by atoms with Crippen molar-refractivity contribution in [1.29, 1.82) is 0 Å². The van der Waals surface area contributed by atoms with Crippen LogP contribution in [0.25, 0.3) is 0 Å². The third-order valence-corrected chi connectivity index (χ3v) is 4.90. The average Bonchev–Trinajstić information content (AvgIpc) is 3.06. The van der Waals surface area contributed by atoms with Crippen molar-refractivity contribution in [2.75, 3.05) is 6.54 Å². The number of amides is 1. The van der Waals surface area contributed by atoms with Crippen LogP contribution in [-0.2, 0) is 4.79 Å². The van der Waals surface area contributed by atoms with Crippen LogP contribution in [0, 0.1) is 6.92 Å². The maximum atomic E-state index is 13.4. The second-order valence-corrected chi connectivity index (χ2v) is 7.27. The molecule has 2 unspecified atom stereocenters. The number of pyridine rings is 1. The molecule has 2 aromatic rings. The fourth-order valence-electron chi connectivity index (χ4n) is 3.46. The molecule has 1 saturated heterocycles. The highest BCUT2D eigenvalue weighted by Gasteiger charge is 2.31. The predicted molar refractivity (Wildman–Crippen MR) is 108 cm³/mol. The van der Waals surface area contributed by atoms with Crippen LogP contribution in [0.5, 0.6) is 0 Å². The molecule has 0 bridgehead atoms. The zero-order valence-electron chi connectivity index (χ0n) is 15.9. The van der Waals surface area contributed by atoms with Gasteiger partial charge in [-0.3, -0.25) is 9.78 Å². The van der Waals surface area contributed by atoms with E-state index >= 15 is 0 Å². The quantitative estimate of drug-likeness (QED) is 0.814. The van der Waals surface area contributed by atoms with Crippen LogP contribution < -0.4 is 10.6 Å². The fourth-order valence-corrected chi connectivity index (χ4v) is 3.46. The third kappa shape index (κ3) is 5.05. The molecule has 2 heterocycles. The van der Waals surface area contributed by atoms with Gasteiger partial charge in [-0.2, -0.15) is 0 Å². The summed E-state index contributed by atoms with van der Waals surface area (Å²) in [7, 11) is 0. The van der Waals surface area contributed by atoms with E-state index in [-0.39, 0.29) is 37.3 Å². The lowest BCUT2D eigenvalue weighted by molar-refractivity contribution is -0.123. The first-order chi connectivity index (χ1) is 12.5. The van der Waals surface area contributed by atoms with Crippen molar-refractivity contribution >= 4 is 18.3 Å². The van der Waals surface area contributed by atoms with Gasteiger partial charge in [0.15, 0.2) is 0 Å². The van der Waals surface area contributed by atoms with Crippen molar-refractivity contribution < 1.29 is 9.18 Å². The van der Waals surface area contributed by atoms with Gasteiger partial charge in [0.1, 0.15) is 6.17 Å². The number of benzene rings is 1. The maximum absolute atomic E-state index is 13.4. The molecule has 0 saturated carbocycles. The molecule has 1 amide bonds. The monoisotopic (exact) mass is 391 g/mol. The number of halogens is 2. The number of alkyl halides is 1. The van der Waals surface area contributed by atoms with Crippen molar-refractivity contribution in [1.82, 2.24) is 15.6 Å². The molecule has 0 spiro atoms. The lowest BCUT2D eigenvalue weighted by Crippen LogP contribution is -2.42. The van der Waals surface area contributed by atoms with Crippen molar-refractivity contribution in [3.05, 3.63) is 65.0 Å². The molecule has 1 aromatic carbocycles. The molecule has 3 atom stereocenters.